The van der Waals surface area contributed by atoms with E-state index < -0.39 is 10.5 Å². The summed E-state index contributed by atoms with van der Waals surface area (Å²) in [5.74, 6) is -0.495. The summed E-state index contributed by atoms with van der Waals surface area (Å²) in [6.07, 6.45) is 0.0501. The maximum Gasteiger partial charge on any atom is 0.488 e. The molecule has 0 spiro atoms. The molecule has 0 heterocycles. The van der Waals surface area contributed by atoms with Crippen molar-refractivity contribution >= 4 is 22.1 Å². The van der Waals surface area contributed by atoms with E-state index in [9.17, 15) is 21.5 Å². The third-order valence-electron chi connectivity index (χ3n) is 2.75. The Bertz CT molecular complexity index is 792. The van der Waals surface area contributed by atoms with E-state index in [4.69, 9.17) is 4.74 Å². The summed E-state index contributed by atoms with van der Waals surface area (Å²) in [4.78, 5) is 11.7. The summed E-state index contributed by atoms with van der Waals surface area (Å²) < 4.78 is 55.0. The van der Waals surface area contributed by atoms with Crippen molar-refractivity contribution in [2.45, 2.75) is 6.42 Å². The van der Waals surface area contributed by atoms with Gasteiger partial charge in [0, 0.05) is 5.69 Å². The number of carbonyl (C=O) groups excluding carboxylic acids is 1. The largest absolute Gasteiger partial charge is 0.493 e. The fourth-order valence-corrected chi connectivity index (χ4v) is 2.07. The van der Waals surface area contributed by atoms with Crippen molar-refractivity contribution in [2.24, 2.45) is 0 Å². The molecular formula is C15H13F2NO5S. The predicted octanol–water partition coefficient (Wildman–Crippen LogP) is 2.83. The molecule has 0 aliphatic carbocycles. The lowest BCUT2D eigenvalue weighted by molar-refractivity contribution is -0.116. The van der Waals surface area contributed by atoms with Crippen LogP contribution in [-0.4, -0.2) is 20.9 Å². The number of amides is 1. The summed E-state index contributed by atoms with van der Waals surface area (Å²) in [5, 5.41) is 2.55. The van der Waals surface area contributed by atoms with E-state index in [1.165, 1.54) is 48.5 Å². The molecule has 128 valence electrons. The normalized spacial score (nSPS) is 10.9. The van der Waals surface area contributed by atoms with Crippen LogP contribution in [0.25, 0.3) is 0 Å². The molecule has 0 atom stereocenters. The molecule has 0 bridgehead atoms. The van der Waals surface area contributed by atoms with E-state index in [0.29, 0.717) is 11.4 Å². The number of hydrogen-bond donors (Lipinski definition) is 1. The van der Waals surface area contributed by atoms with E-state index in [-0.39, 0.29) is 30.5 Å². The number of ether oxygens (including phenoxy) is 1. The highest BCUT2D eigenvalue weighted by atomic mass is 32.3. The minimum atomic E-state index is -5.08. The van der Waals surface area contributed by atoms with Crippen molar-refractivity contribution < 1.29 is 30.4 Å². The van der Waals surface area contributed by atoms with Crippen molar-refractivity contribution in [3.63, 3.8) is 0 Å². The number of benzene rings is 2. The van der Waals surface area contributed by atoms with Gasteiger partial charge in [-0.2, -0.15) is 8.42 Å². The van der Waals surface area contributed by atoms with Crippen molar-refractivity contribution in [3.05, 3.63) is 54.3 Å². The highest BCUT2D eigenvalue weighted by Crippen LogP contribution is 2.18. The minimum absolute atomic E-state index is 0.0501. The van der Waals surface area contributed by atoms with Gasteiger partial charge in [0.1, 0.15) is 17.3 Å². The molecule has 9 heteroatoms. The van der Waals surface area contributed by atoms with Crippen LogP contribution in [0.5, 0.6) is 11.5 Å². The Morgan fingerprint density at radius 1 is 1.00 bits per heavy atom. The Kier molecular flexibility index (Phi) is 5.69. The number of anilines is 1. The Balaban J connectivity index is 1.78. The summed E-state index contributed by atoms with van der Waals surface area (Å²) >= 11 is 0. The van der Waals surface area contributed by atoms with Gasteiger partial charge < -0.3 is 14.2 Å². The molecular weight excluding hydrogens is 344 g/mol. The number of halogens is 2. The first-order valence-corrected chi connectivity index (χ1v) is 8.05. The lowest BCUT2D eigenvalue weighted by Crippen LogP contribution is -2.15. The number of rotatable bonds is 7. The zero-order chi connectivity index (χ0) is 17.6. The van der Waals surface area contributed by atoms with Gasteiger partial charge in [-0.1, -0.05) is 3.89 Å². The molecule has 0 fully saturated rings. The summed E-state index contributed by atoms with van der Waals surface area (Å²) in [7, 11) is -5.08. The topological polar surface area (TPSA) is 81.7 Å². The van der Waals surface area contributed by atoms with Gasteiger partial charge in [-0.05, 0) is 48.5 Å². The van der Waals surface area contributed by atoms with Gasteiger partial charge in [0.2, 0.25) is 5.91 Å². The lowest BCUT2D eigenvalue weighted by atomic mass is 10.3. The molecule has 0 saturated heterocycles. The van der Waals surface area contributed by atoms with E-state index in [1.54, 1.807) is 0 Å². The van der Waals surface area contributed by atoms with Crippen molar-refractivity contribution in [3.8, 4) is 11.5 Å². The van der Waals surface area contributed by atoms with Crippen LogP contribution >= 0.6 is 0 Å². The van der Waals surface area contributed by atoms with Gasteiger partial charge in [0.05, 0.1) is 13.0 Å². The quantitative estimate of drug-likeness (QED) is 0.771. The van der Waals surface area contributed by atoms with Crippen LogP contribution in [0.3, 0.4) is 0 Å². The predicted molar refractivity (Wildman–Crippen MR) is 82.2 cm³/mol. The molecule has 2 aromatic rings. The standard InChI is InChI=1S/C15H13F2NO5S/c16-11-1-5-13(6-2-11)22-10-9-15(19)18-12-3-7-14(8-4-12)23-24(17,20)21/h1-8H,9-10H2,(H,18,19). The van der Waals surface area contributed by atoms with Gasteiger partial charge >= 0.3 is 10.5 Å². The fourth-order valence-electron chi connectivity index (χ4n) is 1.72. The summed E-state index contributed by atoms with van der Waals surface area (Å²) in [6, 6.07) is 10.5. The molecule has 0 radical (unpaired) electrons. The van der Waals surface area contributed by atoms with Crippen LogP contribution in [-0.2, 0) is 15.3 Å². The van der Waals surface area contributed by atoms with Gasteiger partial charge in [0.15, 0.2) is 0 Å². The average Bonchev–Trinajstić information content (AvgIpc) is 2.50. The van der Waals surface area contributed by atoms with Gasteiger partial charge in [-0.25, -0.2) is 4.39 Å². The smallest absolute Gasteiger partial charge is 0.488 e. The lowest BCUT2D eigenvalue weighted by Gasteiger charge is -2.08. The Morgan fingerprint density at radius 3 is 2.17 bits per heavy atom. The molecule has 1 amide bonds. The third-order valence-corrected chi connectivity index (χ3v) is 3.14. The highest BCUT2D eigenvalue weighted by molar-refractivity contribution is 7.81. The van der Waals surface area contributed by atoms with Crippen LogP contribution in [0.15, 0.2) is 48.5 Å². The fraction of sp³-hybridized carbons (Fsp3) is 0.133. The molecule has 0 aromatic heterocycles. The second-order valence-corrected chi connectivity index (χ2v) is 5.55. The Labute approximate surface area is 137 Å². The van der Waals surface area contributed by atoms with Crippen LogP contribution in [0.2, 0.25) is 0 Å². The Morgan fingerprint density at radius 2 is 1.58 bits per heavy atom. The second-order valence-electron chi connectivity index (χ2n) is 4.60. The molecule has 0 aliphatic heterocycles. The van der Waals surface area contributed by atoms with Crippen LogP contribution in [0, 0.1) is 5.82 Å². The number of carbonyl (C=O) groups is 1. The van der Waals surface area contributed by atoms with E-state index in [2.05, 4.69) is 9.50 Å². The molecule has 0 aliphatic rings. The van der Waals surface area contributed by atoms with E-state index in [0.717, 1.165) is 0 Å². The zero-order valence-corrected chi connectivity index (χ0v) is 13.1. The first-order valence-electron chi connectivity index (χ1n) is 6.74. The maximum atomic E-state index is 12.7. The zero-order valence-electron chi connectivity index (χ0n) is 12.2. The summed E-state index contributed by atoms with van der Waals surface area (Å²) in [5.41, 5.74) is 0.380. The van der Waals surface area contributed by atoms with Crippen LogP contribution in [0.4, 0.5) is 14.0 Å². The SMILES string of the molecule is O=C(CCOc1ccc(F)cc1)Nc1ccc(OS(=O)(=O)F)cc1. The van der Waals surface area contributed by atoms with Crippen LogP contribution < -0.4 is 14.2 Å². The van der Waals surface area contributed by atoms with Crippen LogP contribution in [0.1, 0.15) is 6.42 Å². The number of nitrogens with one attached hydrogen (secondary N) is 1. The minimum Gasteiger partial charge on any atom is -0.493 e. The molecule has 0 unspecified atom stereocenters. The third kappa shape index (κ3) is 6.21. The second kappa shape index (κ2) is 7.73. The van der Waals surface area contributed by atoms with Crippen molar-refractivity contribution in [1.82, 2.24) is 0 Å². The molecule has 24 heavy (non-hydrogen) atoms. The maximum absolute atomic E-state index is 12.7. The highest BCUT2D eigenvalue weighted by Gasteiger charge is 2.09. The van der Waals surface area contributed by atoms with E-state index in [1.807, 2.05) is 0 Å². The van der Waals surface area contributed by atoms with Gasteiger partial charge in [-0.3, -0.25) is 4.79 Å². The average molecular weight is 357 g/mol. The first kappa shape index (κ1) is 17.7. The molecule has 2 rings (SSSR count). The molecule has 2 aromatic carbocycles. The molecule has 1 N–H and O–H groups in total. The van der Waals surface area contributed by atoms with Gasteiger partial charge in [0.25, 0.3) is 0 Å². The summed E-state index contributed by atoms with van der Waals surface area (Å²) in [6.45, 7) is 0.0960. The molecule has 6 nitrogen and oxygen atoms in total. The number of hydrogen-bond acceptors (Lipinski definition) is 5. The van der Waals surface area contributed by atoms with Crippen molar-refractivity contribution in [1.29, 1.82) is 0 Å². The molecule has 0 saturated carbocycles. The van der Waals surface area contributed by atoms with E-state index >= 15 is 0 Å². The Hall–Kier alpha value is -2.68. The van der Waals surface area contributed by atoms with Crippen molar-refractivity contribution in [2.75, 3.05) is 11.9 Å². The monoisotopic (exact) mass is 357 g/mol. The van der Waals surface area contributed by atoms with Gasteiger partial charge in [-0.15, -0.1) is 0 Å². The first-order chi connectivity index (χ1) is 11.3.